The monoisotopic (exact) mass is 900 g/mol. The molecule has 15 heteroatoms. The summed E-state index contributed by atoms with van der Waals surface area (Å²) in [6, 6.07) is 8.38. The summed E-state index contributed by atoms with van der Waals surface area (Å²) in [4.78, 5) is 12.4. The highest BCUT2D eigenvalue weighted by Gasteiger charge is 2.67. The molecular weight excluding hydrogens is 833 g/mol. The Balaban J connectivity index is 0.806. The van der Waals surface area contributed by atoms with Crippen LogP contribution in [0.5, 0.6) is 0 Å². The lowest BCUT2D eigenvalue weighted by Gasteiger charge is -2.47. The van der Waals surface area contributed by atoms with Crippen molar-refractivity contribution in [3.05, 3.63) is 54.6 Å². The van der Waals surface area contributed by atoms with Gasteiger partial charge in [-0.15, -0.1) is 0 Å². The first-order chi connectivity index (χ1) is 30.3. The van der Waals surface area contributed by atoms with Crippen LogP contribution in [0.25, 0.3) is 0 Å². The molecule has 9 saturated heterocycles. The second-order valence-corrected chi connectivity index (χ2v) is 21.9. The van der Waals surface area contributed by atoms with Gasteiger partial charge in [-0.05, 0) is 87.0 Å². The van der Waals surface area contributed by atoms with E-state index < -0.39 is 46.8 Å². The zero-order chi connectivity index (χ0) is 44.2. The Morgan fingerprint density at radius 2 is 1.65 bits per heavy atom. The van der Waals surface area contributed by atoms with Gasteiger partial charge in [0, 0.05) is 38.2 Å². The summed E-state index contributed by atoms with van der Waals surface area (Å²) in [5.41, 5.74) is 1.71. The Morgan fingerprint density at radius 3 is 2.41 bits per heavy atom. The van der Waals surface area contributed by atoms with Crippen molar-refractivity contribution in [2.45, 2.75) is 192 Å². The second-order valence-electron chi connectivity index (χ2n) is 19.9. The first-order valence-electron chi connectivity index (χ1n) is 23.4. The fraction of sp³-hybridized carbons (Fsp3) is 0.771. The van der Waals surface area contributed by atoms with Gasteiger partial charge < -0.3 is 52.8 Å². The number of esters is 1. The minimum atomic E-state index is -3.70. The van der Waals surface area contributed by atoms with Crippen molar-refractivity contribution in [1.82, 2.24) is 0 Å². The Labute approximate surface area is 372 Å². The van der Waals surface area contributed by atoms with E-state index in [-0.39, 0.29) is 114 Å². The number of aliphatic hydroxyl groups is 2. The molecule has 0 aromatic heterocycles. The van der Waals surface area contributed by atoms with Gasteiger partial charge in [0.1, 0.15) is 12.2 Å². The lowest BCUT2D eigenvalue weighted by Crippen LogP contribution is -2.58. The van der Waals surface area contributed by atoms with Crippen molar-refractivity contribution in [2.75, 3.05) is 26.6 Å². The van der Waals surface area contributed by atoms with Crippen LogP contribution in [0.4, 0.5) is 0 Å². The number of ether oxygens (including phenoxy) is 9. The Bertz CT molecular complexity index is 1910. The van der Waals surface area contributed by atoms with Crippen LogP contribution in [0.3, 0.4) is 0 Å². The van der Waals surface area contributed by atoms with Crippen molar-refractivity contribution in [2.24, 2.45) is 17.8 Å². The van der Waals surface area contributed by atoms with Crippen molar-refractivity contribution >= 4 is 15.8 Å². The number of methoxy groups -OCH3 is 2. The standard InChI is InChI=1S/C48H68O14S/c1-26-17-30(57-38(28(26)3)21-39-35(25-63(52,53)33-9-7-6-8-10-33)43(55-5)40(59-39)19-29(50)24-49)11-13-36-27(2)18-32(56-36)15-16-48-22-34-44-37(14-12-31(58-44)20-42(51)54-4)60-47-45(34)61-41(23-48)46(47)62-48/h6-10,26,29-32,34-41,43-47,49-50H,2-3,11-25H2,1,4-5H3/t26-,29+,30+,31-,32+,34+,35+,36+,37+,38-,39+,40-,41-,43-,44-,45+,46+,47-,48+/m1/s1. The van der Waals surface area contributed by atoms with E-state index in [0.717, 1.165) is 75.4 Å². The fourth-order valence-corrected chi connectivity index (χ4v) is 14.2. The number of benzene rings is 1. The molecule has 9 aliphatic rings. The van der Waals surface area contributed by atoms with E-state index >= 15 is 0 Å². The van der Waals surface area contributed by atoms with Crippen LogP contribution in [0.1, 0.15) is 90.4 Å². The predicted molar refractivity (Wildman–Crippen MR) is 228 cm³/mol. The number of hydrogen-bond donors (Lipinski definition) is 2. The largest absolute Gasteiger partial charge is 0.469 e. The molecule has 14 nitrogen and oxygen atoms in total. The molecular formula is C48H68O14S. The molecule has 2 N–H and O–H groups in total. The Morgan fingerprint density at radius 1 is 0.873 bits per heavy atom. The summed E-state index contributed by atoms with van der Waals surface area (Å²) >= 11 is 0. The number of carbonyl (C=O) groups is 1. The summed E-state index contributed by atoms with van der Waals surface area (Å²) in [6.07, 6.45) is 5.02. The van der Waals surface area contributed by atoms with E-state index in [9.17, 15) is 23.4 Å². The first-order valence-corrected chi connectivity index (χ1v) is 25.1. The van der Waals surface area contributed by atoms with Crippen LogP contribution >= 0.6 is 0 Å². The van der Waals surface area contributed by atoms with Gasteiger partial charge in [-0.3, -0.25) is 4.79 Å². The second kappa shape index (κ2) is 18.8. The van der Waals surface area contributed by atoms with E-state index in [2.05, 4.69) is 20.1 Å². The third-order valence-electron chi connectivity index (χ3n) is 15.8. The maximum Gasteiger partial charge on any atom is 0.308 e. The van der Waals surface area contributed by atoms with Crippen molar-refractivity contribution in [3.63, 3.8) is 0 Å². The quantitative estimate of drug-likeness (QED) is 0.161. The van der Waals surface area contributed by atoms with Gasteiger partial charge in [0.25, 0.3) is 0 Å². The number of fused-ring (bicyclic) bond motifs is 1. The summed E-state index contributed by atoms with van der Waals surface area (Å²) in [5.74, 6) is -0.685. The van der Waals surface area contributed by atoms with Crippen LogP contribution < -0.4 is 0 Å². The van der Waals surface area contributed by atoms with E-state index in [1.165, 1.54) is 14.2 Å². The van der Waals surface area contributed by atoms with E-state index in [1.807, 2.05) is 0 Å². The highest BCUT2D eigenvalue weighted by molar-refractivity contribution is 7.91. The van der Waals surface area contributed by atoms with Gasteiger partial charge >= 0.3 is 5.97 Å². The van der Waals surface area contributed by atoms with Crippen LogP contribution in [0.15, 0.2) is 59.5 Å². The topological polar surface area (TPSA) is 175 Å². The Kier molecular flexibility index (Phi) is 13.7. The van der Waals surface area contributed by atoms with Crippen LogP contribution in [0, 0.1) is 17.8 Å². The minimum Gasteiger partial charge on any atom is -0.469 e. The average Bonchev–Trinajstić information content (AvgIpc) is 3.95. The number of rotatable bonds is 17. The molecule has 6 bridgehead atoms. The van der Waals surface area contributed by atoms with Gasteiger partial charge in [0.05, 0.1) is 116 Å². The predicted octanol–water partition coefficient (Wildman–Crippen LogP) is 4.81. The SMILES string of the molecule is C=C1C[C@H](CC[C@@]23C[C@H]4[C@H]5O[C@@H](CC(=O)OC)CC[C@@H]5O[C@H]5[C@@H](O2)[C@@H](C3)O[C@@H]45)O[C@H]1CC[C@H]1C[C@@H](C)C(=C)[C@@H](C[C@@H]2O[C@H](C[C@H](O)CO)[C@H](OC)[C@H]2CS(=O)(=O)c2ccccc2)O1. The molecule has 0 saturated carbocycles. The smallest absolute Gasteiger partial charge is 0.308 e. The molecule has 9 fully saturated rings. The third-order valence-corrected chi connectivity index (χ3v) is 17.6. The van der Waals surface area contributed by atoms with Crippen molar-refractivity contribution in [1.29, 1.82) is 0 Å². The first kappa shape index (κ1) is 45.9. The molecule has 19 atom stereocenters. The molecule has 350 valence electrons. The molecule has 0 amide bonds. The van der Waals surface area contributed by atoms with E-state index in [0.29, 0.717) is 6.42 Å². The number of sulfone groups is 1. The fourth-order valence-electron chi connectivity index (χ4n) is 12.5. The highest BCUT2D eigenvalue weighted by atomic mass is 32.2. The van der Waals surface area contributed by atoms with Crippen molar-refractivity contribution in [3.8, 4) is 0 Å². The third kappa shape index (κ3) is 9.37. The molecule has 9 heterocycles. The minimum absolute atomic E-state index is 0.0106. The van der Waals surface area contributed by atoms with Crippen LogP contribution in [0.2, 0.25) is 0 Å². The number of hydrogen-bond acceptors (Lipinski definition) is 14. The summed E-state index contributed by atoms with van der Waals surface area (Å²) in [5, 5.41) is 20.0. The maximum absolute atomic E-state index is 13.7. The van der Waals surface area contributed by atoms with Crippen molar-refractivity contribution < 1.29 is 66.1 Å². The molecule has 0 unspecified atom stereocenters. The zero-order valence-corrected chi connectivity index (χ0v) is 37.8. The summed E-state index contributed by atoms with van der Waals surface area (Å²) in [7, 11) is -0.755. The van der Waals surface area contributed by atoms with Gasteiger partial charge in [-0.25, -0.2) is 8.42 Å². The van der Waals surface area contributed by atoms with Crippen LogP contribution in [-0.4, -0.2) is 148 Å². The average molecular weight is 901 g/mol. The lowest BCUT2D eigenvalue weighted by molar-refractivity contribution is -0.237. The summed E-state index contributed by atoms with van der Waals surface area (Å²) < 4.78 is 85.2. The zero-order valence-electron chi connectivity index (χ0n) is 37.0. The molecule has 1 aromatic carbocycles. The molecule has 1 aromatic rings. The van der Waals surface area contributed by atoms with Gasteiger partial charge in [-0.1, -0.05) is 38.3 Å². The summed E-state index contributed by atoms with van der Waals surface area (Å²) in [6.45, 7) is 10.6. The molecule has 0 aliphatic carbocycles. The molecule has 9 aliphatic heterocycles. The van der Waals surface area contributed by atoms with Gasteiger partial charge in [0.2, 0.25) is 0 Å². The van der Waals surface area contributed by atoms with Gasteiger partial charge in [0.15, 0.2) is 9.84 Å². The molecule has 0 radical (unpaired) electrons. The molecule has 0 spiro atoms. The Hall–Kier alpha value is -2.28. The highest BCUT2D eigenvalue weighted by Crippen LogP contribution is 2.57. The lowest BCUT2D eigenvalue weighted by atomic mass is 9.73. The molecule has 10 rings (SSSR count). The van der Waals surface area contributed by atoms with Crippen LogP contribution in [-0.2, 0) is 57.3 Å². The molecule has 63 heavy (non-hydrogen) atoms. The maximum atomic E-state index is 13.7. The number of carbonyl (C=O) groups excluding carboxylic acids is 1. The van der Waals surface area contributed by atoms with Gasteiger partial charge in [-0.2, -0.15) is 0 Å². The van der Waals surface area contributed by atoms with E-state index in [4.69, 9.17) is 42.6 Å². The number of aliphatic hydroxyl groups excluding tert-OH is 2. The normalized spacial score (nSPS) is 43.5. The van der Waals surface area contributed by atoms with E-state index in [1.54, 1.807) is 30.3 Å².